The van der Waals surface area contributed by atoms with Crippen LogP contribution in [0.1, 0.15) is 31.8 Å². The van der Waals surface area contributed by atoms with Crippen LogP contribution >= 0.6 is 34.8 Å². The number of aromatic nitrogens is 4. The highest BCUT2D eigenvalue weighted by Gasteiger charge is 2.24. The average molecular weight is 681 g/mol. The number of nitrogens with zero attached hydrogens (tertiary/aromatic N) is 4. The van der Waals surface area contributed by atoms with Gasteiger partial charge in [0.05, 0.1) is 31.9 Å². The topological polar surface area (TPSA) is 171 Å². The number of aliphatic carboxylic acids is 1. The third kappa shape index (κ3) is 7.54. The zero-order valence-corrected chi connectivity index (χ0v) is 25.9. The maximum absolute atomic E-state index is 13.3. The van der Waals surface area contributed by atoms with Crippen LogP contribution in [0.5, 0.6) is 5.75 Å². The number of benzene rings is 4. The van der Waals surface area contributed by atoms with Gasteiger partial charge in [0.1, 0.15) is 11.8 Å². The highest BCUT2D eigenvalue weighted by Crippen LogP contribution is 2.27. The number of anilines is 2. The number of rotatable bonds is 11. The number of carboxylic acid groups (broad SMARTS) is 1. The number of carbonyl (C=O) groups is 3. The first-order chi connectivity index (χ1) is 22.1. The number of phenolic OH excluding ortho intramolecular Hbond substituents is 1. The van der Waals surface area contributed by atoms with Crippen molar-refractivity contribution in [1.29, 1.82) is 0 Å². The van der Waals surface area contributed by atoms with Crippen LogP contribution < -0.4 is 16.0 Å². The van der Waals surface area contributed by atoms with Crippen LogP contribution in [0.3, 0.4) is 0 Å². The van der Waals surface area contributed by atoms with Crippen molar-refractivity contribution in [2.45, 2.75) is 19.0 Å². The van der Waals surface area contributed by atoms with Crippen molar-refractivity contribution in [3.63, 3.8) is 0 Å². The molecule has 12 nitrogen and oxygen atoms in total. The molecule has 1 atom stereocenters. The zero-order valence-electron chi connectivity index (χ0n) is 23.6. The molecule has 15 heteroatoms. The second-order valence-corrected chi connectivity index (χ2v) is 11.1. The van der Waals surface area contributed by atoms with E-state index < -0.39 is 23.8 Å². The quantitative estimate of drug-likeness (QED) is 0.119. The van der Waals surface area contributed by atoms with Crippen LogP contribution in [0.4, 0.5) is 11.6 Å². The summed E-state index contributed by atoms with van der Waals surface area (Å²) in [5.41, 5.74) is 2.21. The lowest BCUT2D eigenvalue weighted by atomic mass is 10.0. The highest BCUT2D eigenvalue weighted by atomic mass is 35.5. The molecule has 4 aromatic carbocycles. The summed E-state index contributed by atoms with van der Waals surface area (Å²) < 4.78 is 1.30. The molecular weight excluding hydrogens is 657 g/mol. The Morgan fingerprint density at radius 1 is 0.848 bits per heavy atom. The molecule has 2 amide bonds. The van der Waals surface area contributed by atoms with E-state index in [0.29, 0.717) is 11.3 Å². The zero-order chi connectivity index (χ0) is 32.8. The molecule has 1 heterocycles. The molecule has 0 fully saturated rings. The molecule has 0 bridgehead atoms. The number of halogens is 3. The first-order valence-electron chi connectivity index (χ1n) is 13.6. The first kappa shape index (κ1) is 32.2. The van der Waals surface area contributed by atoms with Crippen LogP contribution in [-0.2, 0) is 17.8 Å². The Kier molecular flexibility index (Phi) is 10.0. The Hall–Kier alpha value is -5.17. The summed E-state index contributed by atoms with van der Waals surface area (Å²) in [5.74, 6) is -2.14. The van der Waals surface area contributed by atoms with Crippen molar-refractivity contribution in [3.8, 4) is 11.4 Å². The van der Waals surface area contributed by atoms with Gasteiger partial charge in [-0.05, 0) is 70.1 Å². The van der Waals surface area contributed by atoms with Crippen LogP contribution in [0.25, 0.3) is 5.69 Å². The van der Waals surface area contributed by atoms with Crippen molar-refractivity contribution < 1.29 is 24.6 Å². The number of carboxylic acids is 1. The Morgan fingerprint density at radius 2 is 1.54 bits per heavy atom. The van der Waals surface area contributed by atoms with Gasteiger partial charge in [-0.2, -0.15) is 4.68 Å². The number of phenols is 1. The number of hydrogen-bond donors (Lipinski definition) is 5. The van der Waals surface area contributed by atoms with E-state index in [9.17, 15) is 24.6 Å². The normalized spacial score (nSPS) is 11.5. The SMILES string of the molecule is O=C(NC(Cc1ccc(NC(=O)c2c(Cl)cccc2Cl)cc1)C(=O)O)c1cccc(-n2nnnc2NCc2cccc(O)c2)c1Cl. The minimum absolute atomic E-state index is 0.00411. The number of nitrogens with one attached hydrogen (secondary N) is 3. The smallest absolute Gasteiger partial charge is 0.326 e. The van der Waals surface area contributed by atoms with E-state index in [4.69, 9.17) is 34.8 Å². The molecule has 0 aliphatic rings. The largest absolute Gasteiger partial charge is 0.508 e. The molecule has 0 radical (unpaired) electrons. The molecule has 46 heavy (non-hydrogen) atoms. The van der Waals surface area contributed by atoms with Gasteiger partial charge in [-0.1, -0.05) is 76.3 Å². The van der Waals surface area contributed by atoms with E-state index in [0.717, 1.165) is 5.56 Å². The summed E-state index contributed by atoms with van der Waals surface area (Å²) in [6.45, 7) is 0.288. The van der Waals surface area contributed by atoms with Gasteiger partial charge in [-0.15, -0.1) is 0 Å². The third-order valence-corrected chi connectivity index (χ3v) is 7.75. The van der Waals surface area contributed by atoms with Gasteiger partial charge in [-0.3, -0.25) is 9.59 Å². The van der Waals surface area contributed by atoms with Gasteiger partial charge in [-0.25, -0.2) is 4.79 Å². The van der Waals surface area contributed by atoms with Crippen LogP contribution in [0.15, 0.2) is 84.9 Å². The lowest BCUT2D eigenvalue weighted by Gasteiger charge is -2.17. The standard InChI is InChI=1S/C31H24Cl3N7O5/c32-22-7-3-8-23(33)26(22)29(44)36-19-12-10-17(11-13-19)15-24(30(45)46)37-28(43)21-6-2-9-25(27(21)34)41-31(38-39-40-41)35-16-18-4-1-5-20(42)14-18/h1-14,24,42H,15-16H2,(H,36,44)(H,37,43)(H,45,46)(H,35,38,40). The fourth-order valence-electron chi connectivity index (χ4n) is 4.47. The number of hydrogen-bond acceptors (Lipinski definition) is 8. The van der Waals surface area contributed by atoms with E-state index >= 15 is 0 Å². The summed E-state index contributed by atoms with van der Waals surface area (Å²) in [6, 6.07) is 21.1. The summed E-state index contributed by atoms with van der Waals surface area (Å²) >= 11 is 18.8. The Morgan fingerprint density at radius 3 is 2.24 bits per heavy atom. The first-order valence-corrected chi connectivity index (χ1v) is 14.7. The van der Waals surface area contributed by atoms with E-state index in [1.807, 2.05) is 6.07 Å². The minimum atomic E-state index is -1.30. The van der Waals surface area contributed by atoms with Crippen molar-refractivity contribution >= 4 is 64.2 Å². The second kappa shape index (κ2) is 14.3. The monoisotopic (exact) mass is 679 g/mol. The number of tetrazole rings is 1. The van der Waals surface area contributed by atoms with E-state index in [2.05, 4.69) is 31.5 Å². The van der Waals surface area contributed by atoms with Crippen LogP contribution in [0, 0.1) is 0 Å². The molecule has 1 aromatic heterocycles. The number of amides is 2. The average Bonchev–Trinajstić information content (AvgIpc) is 3.49. The molecule has 5 N–H and O–H groups in total. The molecule has 0 aliphatic heterocycles. The lowest BCUT2D eigenvalue weighted by Crippen LogP contribution is -2.42. The van der Waals surface area contributed by atoms with Gasteiger partial charge in [0.15, 0.2) is 0 Å². The number of carbonyl (C=O) groups excluding carboxylic acids is 2. The molecule has 234 valence electrons. The molecule has 0 saturated heterocycles. The van der Waals surface area contributed by atoms with E-state index in [1.54, 1.807) is 72.8 Å². The Balaban J connectivity index is 1.26. The fourth-order valence-corrected chi connectivity index (χ4v) is 5.33. The maximum atomic E-state index is 13.3. The summed E-state index contributed by atoms with van der Waals surface area (Å²) in [5, 5.41) is 39.9. The predicted molar refractivity (Wildman–Crippen MR) is 173 cm³/mol. The molecular formula is C31H24Cl3N7O5. The molecule has 5 rings (SSSR count). The lowest BCUT2D eigenvalue weighted by molar-refractivity contribution is -0.139. The fraction of sp³-hybridized carbons (Fsp3) is 0.0968. The van der Waals surface area contributed by atoms with Gasteiger partial charge in [0.2, 0.25) is 5.95 Å². The van der Waals surface area contributed by atoms with Crippen LogP contribution in [0.2, 0.25) is 15.1 Å². The van der Waals surface area contributed by atoms with Crippen molar-refractivity contribution in [3.05, 3.63) is 122 Å². The Labute approximate surface area is 276 Å². The Bertz CT molecular complexity index is 1900. The summed E-state index contributed by atoms with van der Waals surface area (Å²) in [4.78, 5) is 38.0. The van der Waals surface area contributed by atoms with Gasteiger partial charge < -0.3 is 26.2 Å². The molecule has 0 saturated carbocycles. The third-order valence-electron chi connectivity index (χ3n) is 6.73. The van der Waals surface area contributed by atoms with E-state index in [1.165, 1.54) is 10.7 Å². The maximum Gasteiger partial charge on any atom is 0.326 e. The summed E-state index contributed by atoms with van der Waals surface area (Å²) in [6.07, 6.45) is -0.0565. The van der Waals surface area contributed by atoms with Crippen molar-refractivity contribution in [2.24, 2.45) is 0 Å². The van der Waals surface area contributed by atoms with Gasteiger partial charge >= 0.3 is 5.97 Å². The summed E-state index contributed by atoms with van der Waals surface area (Å²) in [7, 11) is 0. The second-order valence-electron chi connectivity index (χ2n) is 9.89. The van der Waals surface area contributed by atoms with Crippen molar-refractivity contribution in [2.75, 3.05) is 10.6 Å². The molecule has 1 unspecified atom stereocenters. The predicted octanol–water partition coefficient (Wildman–Crippen LogP) is 5.62. The van der Waals surface area contributed by atoms with Crippen molar-refractivity contribution in [1.82, 2.24) is 25.5 Å². The van der Waals surface area contributed by atoms with Crippen LogP contribution in [-0.4, -0.2) is 54.2 Å². The highest BCUT2D eigenvalue weighted by molar-refractivity contribution is 6.40. The minimum Gasteiger partial charge on any atom is -0.508 e. The molecule has 5 aromatic rings. The van der Waals surface area contributed by atoms with Gasteiger partial charge in [0.25, 0.3) is 11.8 Å². The van der Waals surface area contributed by atoms with Gasteiger partial charge in [0, 0.05) is 18.7 Å². The molecule has 0 aliphatic carbocycles. The molecule has 0 spiro atoms. The van der Waals surface area contributed by atoms with E-state index in [-0.39, 0.29) is 56.5 Å². The number of aromatic hydroxyl groups is 1.